The lowest BCUT2D eigenvalue weighted by Gasteiger charge is -2.26. The number of methoxy groups -OCH3 is 3. The zero-order valence-electron chi connectivity index (χ0n) is 75.9. The molecule has 0 saturated carbocycles. The number of halogens is 9. The van der Waals surface area contributed by atoms with Crippen molar-refractivity contribution in [2.45, 2.75) is 128 Å². The summed E-state index contributed by atoms with van der Waals surface area (Å²) in [6, 6.07) is 50.1. The average Bonchev–Trinajstić information content (AvgIpc) is 1.61. The fourth-order valence-electron chi connectivity index (χ4n) is 14.8. The molecule has 132 heavy (non-hydrogen) atoms. The van der Waals surface area contributed by atoms with Crippen LogP contribution in [0.15, 0.2) is 194 Å². The number of carbonyl (C=O) groups excluding carboxylic acids is 10. The number of ether oxygens (including phenoxy) is 4. The van der Waals surface area contributed by atoms with E-state index in [0.29, 0.717) is 37.3 Å². The average molecular weight is 1850 g/mol. The summed E-state index contributed by atoms with van der Waals surface area (Å²) in [7, 11) is 4.08. The Morgan fingerprint density at radius 1 is 0.455 bits per heavy atom. The number of rotatable bonds is 15. The Bertz CT molecular complexity index is 5400. The number of nitrogens with zero attached hydrogens (tertiary/aromatic N) is 5. The van der Waals surface area contributed by atoms with E-state index in [-0.39, 0.29) is 122 Å². The van der Waals surface area contributed by atoms with Gasteiger partial charge in [0, 0.05) is 91.1 Å². The highest BCUT2D eigenvalue weighted by Gasteiger charge is 2.56. The van der Waals surface area contributed by atoms with Gasteiger partial charge in [-0.25, -0.2) is 0 Å². The minimum Gasteiger partial charge on any atom is -0.481 e. The maximum atomic E-state index is 13.1. The molecule has 5 heterocycles. The molecule has 8 aromatic rings. The Morgan fingerprint density at radius 3 is 1.08 bits per heavy atom. The number of aliphatic carboxylic acids is 2. The topological polar surface area (TPSA) is 362 Å². The molecule has 6 amide bonds. The number of para-hydroxylation sites is 6. The van der Waals surface area contributed by atoms with E-state index >= 15 is 0 Å². The fourth-order valence-corrected chi connectivity index (χ4v) is 14.8. The highest BCUT2D eigenvalue weighted by Crippen LogP contribution is 2.46. The van der Waals surface area contributed by atoms with Crippen LogP contribution in [-0.4, -0.2) is 136 Å². The molecule has 5 aliphatic heterocycles. The smallest absolute Gasteiger partial charge is 0.416 e. The van der Waals surface area contributed by atoms with Gasteiger partial charge in [-0.15, -0.1) is 0 Å². The van der Waals surface area contributed by atoms with E-state index in [1.54, 1.807) is 66.0 Å². The van der Waals surface area contributed by atoms with Crippen LogP contribution < -0.4 is 41.3 Å². The second-order valence-electron chi connectivity index (χ2n) is 32.8. The third-order valence-corrected chi connectivity index (χ3v) is 23.2. The summed E-state index contributed by atoms with van der Waals surface area (Å²) in [5.41, 5.74) is 15.2. The molecule has 35 heteroatoms. The number of alkyl halides is 9. The molecule has 0 spiro atoms. The van der Waals surface area contributed by atoms with Crippen LogP contribution in [0.3, 0.4) is 0 Å². The van der Waals surface area contributed by atoms with Crippen molar-refractivity contribution < 1.29 is 126 Å². The molecule has 5 aliphatic rings. The van der Waals surface area contributed by atoms with Gasteiger partial charge in [-0.05, 0) is 181 Å². The number of hydrogen-bond acceptors (Lipinski definition) is 18. The van der Waals surface area contributed by atoms with Gasteiger partial charge in [-0.3, -0.25) is 57.5 Å². The molecule has 13 rings (SSSR count). The molecule has 708 valence electrons. The van der Waals surface area contributed by atoms with Gasteiger partial charge < -0.3 is 70.4 Å². The van der Waals surface area contributed by atoms with Gasteiger partial charge in [0.2, 0.25) is 35.4 Å². The largest absolute Gasteiger partial charge is 0.481 e. The molecule has 5 fully saturated rings. The molecule has 5 saturated heterocycles. The van der Waals surface area contributed by atoms with Crippen LogP contribution in [0, 0.1) is 94.3 Å². The number of carbonyl (C=O) groups is 12. The van der Waals surface area contributed by atoms with Crippen LogP contribution in [0.5, 0.6) is 0 Å². The van der Waals surface area contributed by atoms with Crippen molar-refractivity contribution in [3.8, 4) is 0 Å². The zero-order chi connectivity index (χ0) is 99.2. The summed E-state index contributed by atoms with van der Waals surface area (Å²) in [5, 5.41) is 19.5. The lowest BCUT2D eigenvalue weighted by Crippen LogP contribution is -2.39. The van der Waals surface area contributed by atoms with Crippen LogP contribution in [0.2, 0.25) is 0 Å². The summed E-state index contributed by atoms with van der Waals surface area (Å²) in [4.78, 5) is 148. The van der Waals surface area contributed by atoms with E-state index in [1.165, 1.54) is 34.3 Å². The predicted molar refractivity (Wildman–Crippen MR) is 479 cm³/mol. The predicted octanol–water partition coefficient (Wildman–Crippen LogP) is 17.2. The first kappa shape index (κ1) is 107. The van der Waals surface area contributed by atoms with E-state index in [9.17, 15) is 97.0 Å². The van der Waals surface area contributed by atoms with Crippen molar-refractivity contribution >= 4 is 117 Å². The molecule has 8 unspecified atom stereocenters. The summed E-state index contributed by atoms with van der Waals surface area (Å²) in [6.45, 7) is 28.6. The monoisotopic (exact) mass is 1840 g/mol. The number of carboxylic acid groups (broad SMARTS) is 2. The van der Waals surface area contributed by atoms with E-state index in [0.717, 1.165) is 79.6 Å². The molecule has 0 bridgehead atoms. The first-order valence-electron chi connectivity index (χ1n) is 41.2. The summed E-state index contributed by atoms with van der Waals surface area (Å²) >= 11 is 0. The van der Waals surface area contributed by atoms with Crippen molar-refractivity contribution in [3.63, 3.8) is 0 Å². The van der Waals surface area contributed by atoms with Crippen molar-refractivity contribution in [3.05, 3.63) is 250 Å². The molecule has 0 aromatic heterocycles. The van der Waals surface area contributed by atoms with E-state index in [1.807, 2.05) is 187 Å². The van der Waals surface area contributed by atoms with Crippen LogP contribution >= 0.6 is 0 Å². The Balaban J connectivity index is 0.000000238. The first-order valence-corrected chi connectivity index (χ1v) is 41.2. The third-order valence-electron chi connectivity index (χ3n) is 23.2. The number of esters is 3. The SMILES string of the molecule is C=C(CC(=O)O)OC=O.COC(=O)C1(C)CN(c2ccccc2C)C(=O)C1C.COC(=O)C1(C)CN(c2ccccc2C)C(=O)C1C.COC(=O)C1CC(=O)N(c2ccccc2C)C1.Cc1cc(NC(=O)C2(C)CN(c3ccccc3C)C(=O)C2C)cc(C(F)(F)F)c1.Cc1ccccc1N.Cc1ccccc1N1CC(C(=O)O)CC1=O.Nc1cc(C(F)(F)F)cc(C(F)(F)F)c1. The Morgan fingerprint density at radius 2 is 0.773 bits per heavy atom. The van der Waals surface area contributed by atoms with Gasteiger partial charge in [0.1, 0.15) is 12.2 Å². The number of nitrogens with two attached hydrogens (primary N) is 2. The van der Waals surface area contributed by atoms with Crippen molar-refractivity contribution in [2.75, 3.05) is 95.3 Å². The lowest BCUT2D eigenvalue weighted by atomic mass is 9.80. The molecular formula is C97H109F9N8O18. The maximum absolute atomic E-state index is 13.1. The second kappa shape index (κ2) is 45.6. The van der Waals surface area contributed by atoms with Gasteiger partial charge in [0.05, 0.1) is 83.9 Å². The van der Waals surface area contributed by atoms with E-state index in [4.69, 9.17) is 31.2 Å². The Kier molecular flexibility index (Phi) is 36.9. The molecular weight excluding hydrogens is 1740 g/mol. The number of hydrogen-bond donors (Lipinski definition) is 5. The number of benzene rings is 8. The minimum atomic E-state index is -4.84. The highest BCUT2D eigenvalue weighted by atomic mass is 19.4. The molecule has 0 aliphatic carbocycles. The van der Waals surface area contributed by atoms with Gasteiger partial charge in [-0.1, -0.05) is 137 Å². The number of nitrogen functional groups attached to an aromatic ring is 2. The molecule has 0 radical (unpaired) electrons. The summed E-state index contributed by atoms with van der Waals surface area (Å²) in [6.07, 6.45) is -14.2. The first-order chi connectivity index (χ1) is 61.6. The molecule has 8 atom stereocenters. The highest BCUT2D eigenvalue weighted by molar-refractivity contribution is 6.08. The van der Waals surface area contributed by atoms with E-state index < -0.39 is 86.8 Å². The Labute approximate surface area is 759 Å². The maximum Gasteiger partial charge on any atom is 0.416 e. The molecule has 8 aromatic carbocycles. The zero-order valence-corrected chi connectivity index (χ0v) is 75.9. The van der Waals surface area contributed by atoms with Crippen molar-refractivity contribution in [1.29, 1.82) is 0 Å². The van der Waals surface area contributed by atoms with Crippen LogP contribution in [-0.2, 0) is 95.0 Å². The van der Waals surface area contributed by atoms with Crippen LogP contribution in [0.1, 0.15) is 116 Å². The van der Waals surface area contributed by atoms with E-state index in [2.05, 4.69) is 21.4 Å². The quantitative estimate of drug-likeness (QED) is 0.0159. The third kappa shape index (κ3) is 27.1. The van der Waals surface area contributed by atoms with Crippen molar-refractivity contribution in [1.82, 2.24) is 0 Å². The second-order valence-corrected chi connectivity index (χ2v) is 32.8. The number of anilines is 8. The minimum absolute atomic E-state index is 0.0188. The summed E-state index contributed by atoms with van der Waals surface area (Å²) < 4.78 is 130. The number of nitrogens with one attached hydrogen (secondary N) is 1. The van der Waals surface area contributed by atoms with Gasteiger partial charge in [0.15, 0.2) is 0 Å². The number of amides is 6. The number of carboxylic acids is 2. The summed E-state index contributed by atoms with van der Waals surface area (Å²) in [5.74, 6) is -6.12. The van der Waals surface area contributed by atoms with Gasteiger partial charge in [-0.2, -0.15) is 39.5 Å². The van der Waals surface area contributed by atoms with Crippen LogP contribution in [0.4, 0.5) is 85.0 Å². The Hall–Kier alpha value is -13.9. The van der Waals surface area contributed by atoms with Crippen molar-refractivity contribution in [2.24, 2.45) is 45.8 Å². The fraction of sp³-hybridized carbons (Fsp3) is 0.361. The lowest BCUT2D eigenvalue weighted by molar-refractivity contribution is -0.154. The van der Waals surface area contributed by atoms with Gasteiger partial charge in [0.25, 0.3) is 6.47 Å². The normalized spacial score (nSPS) is 20.1. The number of aryl methyl sites for hydroxylation is 7. The molecule has 7 N–H and O–H groups in total. The van der Waals surface area contributed by atoms with Crippen LogP contribution in [0.25, 0.3) is 0 Å². The molecule has 26 nitrogen and oxygen atoms in total. The van der Waals surface area contributed by atoms with Gasteiger partial charge >= 0.3 is 48.4 Å². The standard InChI is InChI=1S/C22H23F3N2O2.2C15H19NO3.C13H15NO3.C12H13NO3.C8H5F6N.C7H9N.C5H6O4/c1-13-9-16(22(23,24)25)11-17(10-13)26-20(29)21(4)12-27(19(28)15(21)3)18-8-6-5-7-14(18)2;2*1-10-7-5-6-8-12(10)16-9-15(3,14(18)19-4)11(2)13(16)17;1-9-5-3-4-6-11(9)14-8-10(7-12(14)15)13(16)17-2;1-8-4-2-3-5-10(8)13-7-9(12(15)16)6-11(13)14;9-7(10,11)4-1-5(8(12,13)14)3-6(15)2-4;1-6-4-2-3-5-7(6)8;1-4(9-3-6)2-5(7)8/h5-11,15H,12H2,1-4H3,(H,26,29);2*5-8,11H,9H2,1-4H3;3-6,10H,7-8H2,1-2H3;2-5,9H,6-7H2,1H3,(H,15,16);1-3H,15H2;2-5H,8H2,1H3;3H,1-2H2,(H,7,8).